The smallest absolute Gasteiger partial charge is 0.243 e. The van der Waals surface area contributed by atoms with E-state index in [-0.39, 0.29) is 23.1 Å². The standard InChI is InChI=1S/C24H27FN4O5S2/c1-2-11-29-23(31)21(16-22(30)26-18-5-3-17(25)4-6-18)35-24(29)27-19-7-9-20(10-8-19)36(32,33)28-12-14-34-15-13-28/h3-10,21H,2,11-16H2,1H3,(H,26,30)/t21-/m0/s1. The monoisotopic (exact) mass is 534 g/mol. The van der Waals surface area contributed by atoms with E-state index < -0.39 is 21.1 Å². The minimum absolute atomic E-state index is 0.0587. The minimum Gasteiger partial charge on any atom is -0.379 e. The van der Waals surface area contributed by atoms with Crippen LogP contribution < -0.4 is 5.32 Å². The van der Waals surface area contributed by atoms with Crippen molar-refractivity contribution in [3.8, 4) is 0 Å². The van der Waals surface area contributed by atoms with Gasteiger partial charge in [-0.25, -0.2) is 17.8 Å². The normalized spacial score (nSPS) is 20.2. The number of rotatable bonds is 8. The second kappa shape index (κ2) is 11.5. The number of thioether (sulfide) groups is 1. The number of amides is 2. The van der Waals surface area contributed by atoms with Crippen molar-refractivity contribution >= 4 is 50.1 Å². The van der Waals surface area contributed by atoms with E-state index in [4.69, 9.17) is 4.74 Å². The lowest BCUT2D eigenvalue weighted by atomic mass is 10.2. The van der Waals surface area contributed by atoms with Gasteiger partial charge in [-0.3, -0.25) is 14.5 Å². The molecule has 0 spiro atoms. The zero-order valence-electron chi connectivity index (χ0n) is 19.7. The summed E-state index contributed by atoms with van der Waals surface area (Å²) in [7, 11) is -3.61. The molecular weight excluding hydrogens is 507 g/mol. The number of carbonyl (C=O) groups is 2. The molecule has 0 unspecified atom stereocenters. The Balaban J connectivity index is 1.46. The lowest BCUT2D eigenvalue weighted by Gasteiger charge is -2.26. The summed E-state index contributed by atoms with van der Waals surface area (Å²) in [5.74, 6) is -0.971. The van der Waals surface area contributed by atoms with Crippen LogP contribution in [0.4, 0.5) is 15.8 Å². The zero-order valence-corrected chi connectivity index (χ0v) is 21.4. The van der Waals surface area contributed by atoms with Gasteiger partial charge in [-0.05, 0) is 55.0 Å². The predicted molar refractivity (Wildman–Crippen MR) is 136 cm³/mol. The molecule has 2 saturated heterocycles. The van der Waals surface area contributed by atoms with Gasteiger partial charge in [0, 0.05) is 31.7 Å². The molecule has 1 N–H and O–H groups in total. The van der Waals surface area contributed by atoms with Gasteiger partial charge in [0.15, 0.2) is 5.17 Å². The maximum absolute atomic E-state index is 13.1. The minimum atomic E-state index is -3.61. The maximum Gasteiger partial charge on any atom is 0.243 e. The third-order valence-corrected chi connectivity index (χ3v) is 8.72. The molecular formula is C24H27FN4O5S2. The first-order valence-corrected chi connectivity index (χ1v) is 13.9. The molecule has 4 rings (SSSR count). The van der Waals surface area contributed by atoms with E-state index in [0.29, 0.717) is 55.8 Å². The molecule has 2 heterocycles. The highest BCUT2D eigenvalue weighted by molar-refractivity contribution is 8.15. The largest absolute Gasteiger partial charge is 0.379 e. The Labute approximate surface area is 213 Å². The summed E-state index contributed by atoms with van der Waals surface area (Å²) in [4.78, 5) is 31.8. The summed E-state index contributed by atoms with van der Waals surface area (Å²) in [5, 5.41) is 2.50. The number of sulfonamides is 1. The van der Waals surface area contributed by atoms with Crippen molar-refractivity contribution in [1.82, 2.24) is 9.21 Å². The first-order valence-electron chi connectivity index (χ1n) is 11.6. The summed E-state index contributed by atoms with van der Waals surface area (Å²) in [6.45, 7) is 3.75. The number of morpholine rings is 1. The van der Waals surface area contributed by atoms with Crippen LogP contribution in [0.3, 0.4) is 0 Å². The number of hydrogen-bond donors (Lipinski definition) is 1. The lowest BCUT2D eigenvalue weighted by Crippen LogP contribution is -2.40. The van der Waals surface area contributed by atoms with E-state index >= 15 is 0 Å². The summed E-state index contributed by atoms with van der Waals surface area (Å²) < 4.78 is 45.4. The Morgan fingerprint density at radius 2 is 1.81 bits per heavy atom. The van der Waals surface area contributed by atoms with E-state index in [0.717, 1.165) is 0 Å². The number of carbonyl (C=O) groups excluding carboxylic acids is 2. The molecule has 2 aromatic rings. The van der Waals surface area contributed by atoms with Crippen molar-refractivity contribution in [2.24, 2.45) is 4.99 Å². The number of nitrogens with zero attached hydrogens (tertiary/aromatic N) is 3. The Morgan fingerprint density at radius 1 is 1.14 bits per heavy atom. The van der Waals surface area contributed by atoms with E-state index in [9.17, 15) is 22.4 Å². The van der Waals surface area contributed by atoms with E-state index in [1.165, 1.54) is 52.5 Å². The van der Waals surface area contributed by atoms with Crippen LogP contribution in [-0.2, 0) is 24.3 Å². The first kappa shape index (κ1) is 26.3. The van der Waals surface area contributed by atoms with Gasteiger partial charge in [0.2, 0.25) is 21.8 Å². The zero-order chi connectivity index (χ0) is 25.7. The van der Waals surface area contributed by atoms with Crippen molar-refractivity contribution in [2.45, 2.75) is 29.9 Å². The van der Waals surface area contributed by atoms with Crippen LogP contribution in [0.2, 0.25) is 0 Å². The molecule has 0 aromatic heterocycles. The van der Waals surface area contributed by atoms with Crippen LogP contribution in [0.1, 0.15) is 19.8 Å². The third kappa shape index (κ3) is 6.12. The molecule has 2 amide bonds. The third-order valence-electron chi connectivity index (χ3n) is 5.64. The fraction of sp³-hybridized carbons (Fsp3) is 0.375. The fourth-order valence-corrected chi connectivity index (χ4v) is 6.40. The fourth-order valence-electron chi connectivity index (χ4n) is 3.81. The molecule has 2 fully saturated rings. The van der Waals surface area contributed by atoms with Crippen molar-refractivity contribution in [1.29, 1.82) is 0 Å². The second-order valence-corrected chi connectivity index (χ2v) is 11.4. The molecule has 2 aliphatic rings. The number of benzene rings is 2. The van der Waals surface area contributed by atoms with Crippen LogP contribution in [0.25, 0.3) is 0 Å². The molecule has 12 heteroatoms. The second-order valence-electron chi connectivity index (χ2n) is 8.26. The van der Waals surface area contributed by atoms with E-state index in [1.54, 1.807) is 17.0 Å². The summed E-state index contributed by atoms with van der Waals surface area (Å²) >= 11 is 1.20. The SMILES string of the molecule is CCCN1C(=O)[C@H](CC(=O)Nc2ccc(F)cc2)SC1=Nc1ccc(S(=O)(=O)N2CCOCC2)cc1. The van der Waals surface area contributed by atoms with Gasteiger partial charge < -0.3 is 10.1 Å². The number of ether oxygens (including phenoxy) is 1. The number of amidine groups is 1. The Bertz CT molecular complexity index is 1230. The maximum atomic E-state index is 13.1. The quantitative estimate of drug-likeness (QED) is 0.557. The summed E-state index contributed by atoms with van der Waals surface area (Å²) in [6, 6.07) is 11.6. The van der Waals surface area contributed by atoms with Gasteiger partial charge in [0.25, 0.3) is 0 Å². The van der Waals surface area contributed by atoms with Crippen LogP contribution in [-0.4, -0.2) is 72.7 Å². The molecule has 2 aromatic carbocycles. The van der Waals surface area contributed by atoms with Crippen molar-refractivity contribution in [3.63, 3.8) is 0 Å². The van der Waals surface area contributed by atoms with Gasteiger partial charge in [-0.1, -0.05) is 18.7 Å². The van der Waals surface area contributed by atoms with Gasteiger partial charge in [-0.2, -0.15) is 4.31 Å². The molecule has 36 heavy (non-hydrogen) atoms. The molecule has 9 nitrogen and oxygen atoms in total. The number of halogens is 1. The first-order chi connectivity index (χ1) is 17.3. The van der Waals surface area contributed by atoms with Crippen LogP contribution in [0, 0.1) is 5.82 Å². The van der Waals surface area contributed by atoms with Gasteiger partial charge >= 0.3 is 0 Å². The Morgan fingerprint density at radius 3 is 2.44 bits per heavy atom. The lowest BCUT2D eigenvalue weighted by molar-refractivity contribution is -0.128. The molecule has 0 bridgehead atoms. The highest BCUT2D eigenvalue weighted by Gasteiger charge is 2.38. The average Bonchev–Trinajstić information content (AvgIpc) is 3.15. The van der Waals surface area contributed by atoms with Crippen LogP contribution >= 0.6 is 11.8 Å². The summed E-state index contributed by atoms with van der Waals surface area (Å²) in [6.07, 6.45) is 0.646. The predicted octanol–water partition coefficient (Wildman–Crippen LogP) is 3.22. The average molecular weight is 535 g/mol. The van der Waals surface area contributed by atoms with Gasteiger partial charge in [0.05, 0.1) is 23.8 Å². The van der Waals surface area contributed by atoms with E-state index in [1.807, 2.05) is 6.92 Å². The van der Waals surface area contributed by atoms with Crippen LogP contribution in [0.5, 0.6) is 0 Å². The highest BCUT2D eigenvalue weighted by Crippen LogP contribution is 2.32. The number of anilines is 1. The van der Waals surface area contributed by atoms with E-state index in [2.05, 4.69) is 10.3 Å². The molecule has 2 aliphatic heterocycles. The highest BCUT2D eigenvalue weighted by atomic mass is 32.2. The van der Waals surface area contributed by atoms with Gasteiger partial charge in [-0.15, -0.1) is 0 Å². The molecule has 0 saturated carbocycles. The Hall–Kier alpha value is -2.80. The molecule has 0 radical (unpaired) electrons. The molecule has 1 atom stereocenters. The summed E-state index contributed by atoms with van der Waals surface area (Å²) in [5.41, 5.74) is 0.951. The van der Waals surface area contributed by atoms with Crippen molar-refractivity contribution in [2.75, 3.05) is 38.2 Å². The molecule has 0 aliphatic carbocycles. The van der Waals surface area contributed by atoms with Crippen molar-refractivity contribution in [3.05, 3.63) is 54.3 Å². The number of hydrogen-bond acceptors (Lipinski definition) is 7. The topological polar surface area (TPSA) is 108 Å². The van der Waals surface area contributed by atoms with Crippen molar-refractivity contribution < 1.29 is 27.1 Å². The molecule has 192 valence electrons. The Kier molecular flexibility index (Phi) is 8.39. The number of nitrogens with one attached hydrogen (secondary N) is 1. The number of aliphatic imine (C=N–C) groups is 1. The van der Waals surface area contributed by atoms with Crippen LogP contribution in [0.15, 0.2) is 58.4 Å². The van der Waals surface area contributed by atoms with Gasteiger partial charge in [0.1, 0.15) is 11.1 Å².